The third-order valence-corrected chi connectivity index (χ3v) is 4.60. The van der Waals surface area contributed by atoms with Crippen molar-refractivity contribution in [2.45, 2.75) is 13.1 Å². The topological polar surface area (TPSA) is 17.0 Å². The van der Waals surface area contributed by atoms with E-state index in [1.165, 1.54) is 22.0 Å². The third-order valence-electron chi connectivity index (χ3n) is 3.59. The molecular weight excluding hydrogens is 348 g/mol. The quantitative estimate of drug-likeness (QED) is 0.703. The van der Waals surface area contributed by atoms with E-state index in [1.807, 2.05) is 25.2 Å². The van der Waals surface area contributed by atoms with Crippen molar-refractivity contribution in [3.05, 3.63) is 69.3 Å². The summed E-state index contributed by atoms with van der Waals surface area (Å²) < 4.78 is 3.39. The zero-order chi connectivity index (χ0) is 14.8. The van der Waals surface area contributed by atoms with Gasteiger partial charge < -0.3 is 9.88 Å². The van der Waals surface area contributed by atoms with Crippen LogP contribution in [0, 0.1) is 0 Å². The summed E-state index contributed by atoms with van der Waals surface area (Å²) in [6.07, 6.45) is 2.21. The fourth-order valence-corrected chi connectivity index (χ4v) is 3.19. The van der Waals surface area contributed by atoms with E-state index in [9.17, 15) is 0 Å². The van der Waals surface area contributed by atoms with E-state index >= 15 is 0 Å². The predicted octanol–water partition coefficient (Wildman–Crippen LogP) is 4.82. The van der Waals surface area contributed by atoms with Gasteiger partial charge in [0.1, 0.15) is 0 Å². The average Bonchev–Trinajstić information content (AvgIpc) is 2.79. The van der Waals surface area contributed by atoms with Gasteiger partial charge >= 0.3 is 0 Å². The first kappa shape index (κ1) is 14.6. The smallest absolute Gasteiger partial charge is 0.0501 e. The number of benzene rings is 2. The monoisotopic (exact) mass is 362 g/mol. The van der Waals surface area contributed by atoms with Gasteiger partial charge in [0.2, 0.25) is 0 Å². The highest BCUT2D eigenvalue weighted by atomic mass is 79.9. The van der Waals surface area contributed by atoms with Gasteiger partial charge in [-0.1, -0.05) is 51.8 Å². The highest BCUT2D eigenvalue weighted by Crippen LogP contribution is 2.27. The molecule has 0 aliphatic rings. The summed E-state index contributed by atoms with van der Waals surface area (Å²) in [6.45, 7) is 1.67. The van der Waals surface area contributed by atoms with Crippen LogP contribution in [0.5, 0.6) is 0 Å². The SMILES string of the molecule is CNCc1cn(Cc2ccccc2Br)c2cc(Cl)ccc12. The van der Waals surface area contributed by atoms with Gasteiger partial charge in [0, 0.05) is 34.2 Å². The Balaban J connectivity index is 2.09. The zero-order valence-corrected chi connectivity index (χ0v) is 14.1. The maximum atomic E-state index is 6.17. The highest BCUT2D eigenvalue weighted by Gasteiger charge is 2.10. The van der Waals surface area contributed by atoms with E-state index < -0.39 is 0 Å². The van der Waals surface area contributed by atoms with Crippen molar-refractivity contribution in [3.63, 3.8) is 0 Å². The van der Waals surface area contributed by atoms with Crippen LogP contribution >= 0.6 is 27.5 Å². The van der Waals surface area contributed by atoms with Crippen molar-refractivity contribution in [1.82, 2.24) is 9.88 Å². The van der Waals surface area contributed by atoms with Gasteiger partial charge in [-0.05, 0) is 36.4 Å². The molecule has 0 fully saturated rings. The van der Waals surface area contributed by atoms with Crippen molar-refractivity contribution >= 4 is 38.4 Å². The largest absolute Gasteiger partial charge is 0.343 e. The highest BCUT2D eigenvalue weighted by molar-refractivity contribution is 9.10. The second-order valence-corrected chi connectivity index (χ2v) is 6.36. The Labute approximate surface area is 137 Å². The first-order valence-electron chi connectivity index (χ1n) is 6.84. The van der Waals surface area contributed by atoms with Gasteiger partial charge in [-0.25, -0.2) is 0 Å². The fourth-order valence-electron chi connectivity index (χ4n) is 2.61. The van der Waals surface area contributed by atoms with E-state index in [1.54, 1.807) is 0 Å². The van der Waals surface area contributed by atoms with Gasteiger partial charge in [0.05, 0.1) is 5.52 Å². The summed E-state index contributed by atoms with van der Waals surface area (Å²) in [4.78, 5) is 0. The fraction of sp³-hybridized carbons (Fsp3) is 0.176. The Bertz CT molecular complexity index is 780. The molecule has 0 bridgehead atoms. The van der Waals surface area contributed by atoms with Gasteiger partial charge in [-0.3, -0.25) is 0 Å². The minimum Gasteiger partial charge on any atom is -0.343 e. The lowest BCUT2D eigenvalue weighted by Crippen LogP contribution is -2.04. The minimum atomic E-state index is 0.769. The molecular formula is C17H16BrClN2. The Morgan fingerprint density at radius 2 is 1.95 bits per heavy atom. The van der Waals surface area contributed by atoms with E-state index in [2.05, 4.69) is 56.3 Å². The van der Waals surface area contributed by atoms with Crippen LogP contribution in [0.1, 0.15) is 11.1 Å². The Morgan fingerprint density at radius 3 is 2.71 bits per heavy atom. The molecule has 2 nitrogen and oxygen atoms in total. The third kappa shape index (κ3) is 3.00. The van der Waals surface area contributed by atoms with Crippen LogP contribution < -0.4 is 5.32 Å². The van der Waals surface area contributed by atoms with Gasteiger partial charge in [-0.15, -0.1) is 0 Å². The standard InChI is InChI=1S/C17H16BrClN2/c1-20-9-13-11-21(10-12-4-2-3-5-16(12)18)17-8-14(19)6-7-15(13)17/h2-8,11,20H,9-10H2,1H3. The Kier molecular flexibility index (Phi) is 4.34. The zero-order valence-electron chi connectivity index (χ0n) is 11.7. The molecule has 2 aromatic carbocycles. The summed E-state index contributed by atoms with van der Waals surface area (Å²) in [5.41, 5.74) is 3.71. The van der Waals surface area contributed by atoms with E-state index in [-0.39, 0.29) is 0 Å². The molecule has 1 N–H and O–H groups in total. The molecule has 108 valence electrons. The number of hydrogen-bond acceptors (Lipinski definition) is 1. The molecule has 0 unspecified atom stereocenters. The summed E-state index contributed by atoms with van der Waals surface area (Å²) >= 11 is 9.79. The number of nitrogens with one attached hydrogen (secondary N) is 1. The molecule has 0 radical (unpaired) electrons. The van der Waals surface area contributed by atoms with E-state index in [0.717, 1.165) is 22.6 Å². The molecule has 0 saturated heterocycles. The molecule has 21 heavy (non-hydrogen) atoms. The van der Waals surface area contributed by atoms with Crippen LogP contribution in [-0.4, -0.2) is 11.6 Å². The summed E-state index contributed by atoms with van der Waals surface area (Å²) in [5, 5.41) is 5.24. The van der Waals surface area contributed by atoms with Gasteiger partial charge in [0.25, 0.3) is 0 Å². The van der Waals surface area contributed by atoms with E-state index in [4.69, 9.17) is 11.6 Å². The lowest BCUT2D eigenvalue weighted by molar-refractivity contribution is 0.794. The number of aromatic nitrogens is 1. The maximum Gasteiger partial charge on any atom is 0.0501 e. The number of nitrogens with zero attached hydrogens (tertiary/aromatic N) is 1. The molecule has 4 heteroatoms. The predicted molar refractivity (Wildman–Crippen MR) is 93.0 cm³/mol. The number of fused-ring (bicyclic) bond motifs is 1. The molecule has 3 aromatic rings. The van der Waals surface area contributed by atoms with Crippen LogP contribution in [0.4, 0.5) is 0 Å². The van der Waals surface area contributed by atoms with Crippen molar-refractivity contribution < 1.29 is 0 Å². The molecule has 0 atom stereocenters. The normalized spacial score (nSPS) is 11.2. The Morgan fingerprint density at radius 1 is 1.14 bits per heavy atom. The van der Waals surface area contributed by atoms with Crippen LogP contribution in [-0.2, 0) is 13.1 Å². The van der Waals surface area contributed by atoms with Gasteiger partial charge in [-0.2, -0.15) is 0 Å². The molecule has 1 heterocycles. The molecule has 0 aliphatic heterocycles. The van der Waals surface area contributed by atoms with E-state index in [0.29, 0.717) is 0 Å². The van der Waals surface area contributed by atoms with Crippen molar-refractivity contribution in [2.24, 2.45) is 0 Å². The number of rotatable bonds is 4. The van der Waals surface area contributed by atoms with Crippen molar-refractivity contribution in [1.29, 1.82) is 0 Å². The number of hydrogen-bond donors (Lipinski definition) is 1. The average molecular weight is 364 g/mol. The van der Waals surface area contributed by atoms with Crippen LogP contribution in [0.2, 0.25) is 5.02 Å². The van der Waals surface area contributed by atoms with Crippen LogP contribution in [0.3, 0.4) is 0 Å². The summed E-state index contributed by atoms with van der Waals surface area (Å²) in [6, 6.07) is 14.4. The second-order valence-electron chi connectivity index (χ2n) is 5.07. The van der Waals surface area contributed by atoms with Crippen molar-refractivity contribution in [2.75, 3.05) is 7.05 Å². The lowest BCUT2D eigenvalue weighted by Gasteiger charge is -2.07. The van der Waals surface area contributed by atoms with Gasteiger partial charge in [0.15, 0.2) is 0 Å². The molecule has 0 spiro atoms. The molecule has 0 aliphatic carbocycles. The minimum absolute atomic E-state index is 0.769. The molecule has 1 aromatic heterocycles. The van der Waals surface area contributed by atoms with Crippen LogP contribution in [0.25, 0.3) is 10.9 Å². The summed E-state index contributed by atoms with van der Waals surface area (Å²) in [7, 11) is 1.97. The first-order valence-corrected chi connectivity index (χ1v) is 8.01. The van der Waals surface area contributed by atoms with Crippen molar-refractivity contribution in [3.8, 4) is 0 Å². The molecule has 0 saturated carbocycles. The molecule has 0 amide bonds. The summed E-state index contributed by atoms with van der Waals surface area (Å²) in [5.74, 6) is 0. The maximum absolute atomic E-state index is 6.17. The first-order chi connectivity index (χ1) is 10.2. The lowest BCUT2D eigenvalue weighted by atomic mass is 10.2. The Hall–Kier alpha value is -1.29. The molecule has 3 rings (SSSR count). The number of halogens is 2. The second kappa shape index (κ2) is 6.22. The van der Waals surface area contributed by atoms with Crippen LogP contribution in [0.15, 0.2) is 53.1 Å².